The number of benzene rings is 1. The molecule has 3 aliphatic heterocycles. The first kappa shape index (κ1) is 18.1. The molecular weight excluding hydrogens is 370 g/mol. The summed E-state index contributed by atoms with van der Waals surface area (Å²) in [6.45, 7) is 2.78. The molecule has 0 radical (unpaired) electrons. The van der Waals surface area contributed by atoms with Gasteiger partial charge < -0.3 is 24.2 Å². The third-order valence-corrected chi connectivity index (χ3v) is 5.74. The molecule has 2 saturated heterocycles. The molecule has 1 atom stereocenters. The van der Waals surface area contributed by atoms with Crippen LogP contribution in [0.4, 0.5) is 10.5 Å². The van der Waals surface area contributed by atoms with E-state index in [4.69, 9.17) is 9.47 Å². The minimum Gasteiger partial charge on any atom is -0.476 e. The Labute approximate surface area is 161 Å². The summed E-state index contributed by atoms with van der Waals surface area (Å²) in [6, 6.07) is 7.18. The lowest BCUT2D eigenvalue weighted by atomic mass is 10.1. The van der Waals surface area contributed by atoms with Gasteiger partial charge >= 0.3 is 0 Å². The Kier molecular flexibility index (Phi) is 5.22. The third kappa shape index (κ3) is 3.74. The highest BCUT2D eigenvalue weighted by Crippen LogP contribution is 2.34. The average Bonchev–Trinajstić information content (AvgIpc) is 3.11. The van der Waals surface area contributed by atoms with Crippen LogP contribution in [-0.2, 0) is 14.3 Å². The first-order valence-electron chi connectivity index (χ1n) is 8.98. The molecule has 27 heavy (non-hydrogen) atoms. The Bertz CT molecular complexity index is 752. The number of thioether (sulfide) groups is 1. The fraction of sp³-hybridized carbons (Fsp3) is 0.500. The highest BCUT2D eigenvalue weighted by Gasteiger charge is 2.37. The van der Waals surface area contributed by atoms with Crippen LogP contribution in [0.3, 0.4) is 0 Å². The molecule has 1 aromatic carbocycles. The number of anilines is 1. The molecule has 144 valence electrons. The lowest BCUT2D eigenvalue weighted by Crippen LogP contribution is -2.55. The molecule has 2 fully saturated rings. The zero-order chi connectivity index (χ0) is 18.8. The van der Waals surface area contributed by atoms with Crippen molar-refractivity contribution in [2.24, 2.45) is 0 Å². The molecule has 0 N–H and O–H groups in total. The molecule has 3 heterocycles. The molecule has 0 spiro atoms. The maximum atomic E-state index is 12.9. The van der Waals surface area contributed by atoms with Crippen LogP contribution in [-0.4, -0.2) is 84.6 Å². The van der Waals surface area contributed by atoms with Gasteiger partial charge in [0.2, 0.25) is 5.91 Å². The zero-order valence-corrected chi connectivity index (χ0v) is 15.7. The van der Waals surface area contributed by atoms with E-state index in [1.54, 1.807) is 26.8 Å². The Morgan fingerprint density at radius 2 is 1.93 bits per heavy atom. The SMILES string of the molecule is O=C1SCCN1CC(=O)N1C[C@H](C(=O)N2CCOCC2)Oc2ccccc21. The van der Waals surface area contributed by atoms with Crippen LogP contribution in [0.2, 0.25) is 0 Å². The van der Waals surface area contributed by atoms with Gasteiger partial charge in [-0.15, -0.1) is 0 Å². The van der Waals surface area contributed by atoms with E-state index in [0.29, 0.717) is 50.0 Å². The molecule has 0 saturated carbocycles. The van der Waals surface area contributed by atoms with Crippen LogP contribution in [0.15, 0.2) is 24.3 Å². The Hall–Kier alpha value is -2.26. The van der Waals surface area contributed by atoms with Crippen molar-refractivity contribution < 1.29 is 23.9 Å². The molecule has 0 unspecified atom stereocenters. The maximum absolute atomic E-state index is 12.9. The molecule has 0 bridgehead atoms. The normalized spacial score (nSPS) is 22.4. The fourth-order valence-corrected chi connectivity index (χ4v) is 4.23. The number of ether oxygens (including phenoxy) is 2. The Morgan fingerprint density at radius 1 is 1.15 bits per heavy atom. The second-order valence-corrected chi connectivity index (χ2v) is 7.60. The van der Waals surface area contributed by atoms with Crippen molar-refractivity contribution in [3.63, 3.8) is 0 Å². The molecule has 0 aromatic heterocycles. The predicted octanol–water partition coefficient (Wildman–Crippen LogP) is 0.808. The van der Waals surface area contributed by atoms with Gasteiger partial charge in [0, 0.05) is 25.4 Å². The third-order valence-electron chi connectivity index (χ3n) is 4.84. The van der Waals surface area contributed by atoms with Crippen molar-refractivity contribution >= 4 is 34.5 Å². The minimum absolute atomic E-state index is 0.0125. The summed E-state index contributed by atoms with van der Waals surface area (Å²) in [5, 5.41) is -0.0779. The molecule has 4 rings (SSSR count). The number of hydrogen-bond donors (Lipinski definition) is 0. The largest absolute Gasteiger partial charge is 0.476 e. The fourth-order valence-electron chi connectivity index (χ4n) is 3.40. The van der Waals surface area contributed by atoms with E-state index in [9.17, 15) is 14.4 Å². The number of morpholine rings is 1. The molecule has 3 amide bonds. The monoisotopic (exact) mass is 391 g/mol. The maximum Gasteiger partial charge on any atom is 0.282 e. The van der Waals surface area contributed by atoms with E-state index in [1.807, 2.05) is 12.1 Å². The highest BCUT2D eigenvalue weighted by molar-refractivity contribution is 8.13. The minimum atomic E-state index is -0.759. The summed E-state index contributed by atoms with van der Waals surface area (Å²) >= 11 is 1.22. The second kappa shape index (κ2) is 7.77. The number of fused-ring (bicyclic) bond motifs is 1. The summed E-state index contributed by atoms with van der Waals surface area (Å²) < 4.78 is 11.2. The van der Waals surface area contributed by atoms with Crippen molar-refractivity contribution in [2.75, 3.05) is 56.6 Å². The summed E-state index contributed by atoms with van der Waals surface area (Å²) in [4.78, 5) is 42.5. The van der Waals surface area contributed by atoms with Gasteiger partial charge in [0.1, 0.15) is 12.3 Å². The quantitative estimate of drug-likeness (QED) is 0.759. The van der Waals surface area contributed by atoms with Crippen LogP contribution in [0.25, 0.3) is 0 Å². The predicted molar refractivity (Wildman–Crippen MR) is 100 cm³/mol. The van der Waals surface area contributed by atoms with E-state index in [2.05, 4.69) is 0 Å². The van der Waals surface area contributed by atoms with Gasteiger partial charge in [-0.05, 0) is 12.1 Å². The first-order chi connectivity index (χ1) is 13.1. The molecule has 9 heteroatoms. The molecule has 3 aliphatic rings. The van der Waals surface area contributed by atoms with Crippen molar-refractivity contribution in [1.29, 1.82) is 0 Å². The Balaban J connectivity index is 1.53. The number of carbonyl (C=O) groups excluding carboxylic acids is 3. The van der Waals surface area contributed by atoms with E-state index >= 15 is 0 Å². The topological polar surface area (TPSA) is 79.4 Å². The van der Waals surface area contributed by atoms with E-state index < -0.39 is 6.10 Å². The lowest BCUT2D eigenvalue weighted by Gasteiger charge is -2.37. The summed E-state index contributed by atoms with van der Waals surface area (Å²) in [5.74, 6) is 0.856. The smallest absolute Gasteiger partial charge is 0.282 e. The summed E-state index contributed by atoms with van der Waals surface area (Å²) in [7, 11) is 0. The van der Waals surface area contributed by atoms with Gasteiger partial charge in [0.25, 0.3) is 11.1 Å². The van der Waals surface area contributed by atoms with Crippen molar-refractivity contribution in [2.45, 2.75) is 6.10 Å². The summed E-state index contributed by atoms with van der Waals surface area (Å²) in [5.41, 5.74) is 0.632. The van der Waals surface area contributed by atoms with Gasteiger partial charge in [0.15, 0.2) is 6.10 Å². The lowest BCUT2D eigenvalue weighted by molar-refractivity contribution is -0.142. The van der Waals surface area contributed by atoms with E-state index in [0.717, 1.165) is 0 Å². The summed E-state index contributed by atoms with van der Waals surface area (Å²) in [6.07, 6.45) is -0.759. The van der Waals surface area contributed by atoms with Crippen LogP contribution in [0.1, 0.15) is 0 Å². The van der Waals surface area contributed by atoms with Gasteiger partial charge in [0.05, 0.1) is 25.4 Å². The van der Waals surface area contributed by atoms with Crippen LogP contribution < -0.4 is 9.64 Å². The van der Waals surface area contributed by atoms with Crippen LogP contribution in [0.5, 0.6) is 5.75 Å². The van der Waals surface area contributed by atoms with Gasteiger partial charge in [-0.2, -0.15) is 0 Å². The number of rotatable bonds is 3. The van der Waals surface area contributed by atoms with E-state index in [1.165, 1.54) is 11.8 Å². The molecule has 8 nitrogen and oxygen atoms in total. The molecule has 1 aromatic rings. The number of nitrogens with zero attached hydrogens (tertiary/aromatic N) is 3. The van der Waals surface area contributed by atoms with Crippen LogP contribution in [0, 0.1) is 0 Å². The standard InChI is InChI=1S/C18H21N3O5S/c22-16(12-20-7-10-27-18(20)24)21-11-15(17(23)19-5-8-25-9-6-19)26-14-4-2-1-3-13(14)21/h1-4,15H,5-12H2/t15-/m1/s1. The Morgan fingerprint density at radius 3 is 2.67 bits per heavy atom. The van der Waals surface area contributed by atoms with E-state index in [-0.39, 0.29) is 30.1 Å². The molecule has 0 aliphatic carbocycles. The van der Waals surface area contributed by atoms with Gasteiger partial charge in [-0.25, -0.2) is 0 Å². The van der Waals surface area contributed by atoms with Crippen LogP contribution >= 0.6 is 11.8 Å². The van der Waals surface area contributed by atoms with Crippen molar-refractivity contribution in [3.8, 4) is 5.75 Å². The van der Waals surface area contributed by atoms with Gasteiger partial charge in [-0.1, -0.05) is 23.9 Å². The first-order valence-corrected chi connectivity index (χ1v) is 9.96. The number of hydrogen-bond acceptors (Lipinski definition) is 6. The highest BCUT2D eigenvalue weighted by atomic mass is 32.2. The number of amides is 3. The van der Waals surface area contributed by atoms with Crippen molar-refractivity contribution in [3.05, 3.63) is 24.3 Å². The number of carbonyl (C=O) groups is 3. The second-order valence-electron chi connectivity index (χ2n) is 6.55. The average molecular weight is 391 g/mol. The van der Waals surface area contributed by atoms with Crippen molar-refractivity contribution in [1.82, 2.24) is 9.80 Å². The zero-order valence-electron chi connectivity index (χ0n) is 14.8. The van der Waals surface area contributed by atoms with Gasteiger partial charge in [-0.3, -0.25) is 14.4 Å². The number of para-hydroxylation sites is 2. The molecular formula is C18H21N3O5S.